The Bertz CT molecular complexity index is 1640. The Morgan fingerprint density at radius 3 is 2.51 bits per heavy atom. The van der Waals surface area contributed by atoms with Crippen molar-refractivity contribution in [1.29, 1.82) is 5.26 Å². The quantitative estimate of drug-likeness (QED) is 0.231. The van der Waals surface area contributed by atoms with Gasteiger partial charge in [-0.05, 0) is 24.3 Å². The summed E-state index contributed by atoms with van der Waals surface area (Å²) >= 11 is 0.623. The molecule has 14 heteroatoms. The zero-order chi connectivity index (χ0) is 26.6. The first kappa shape index (κ1) is 26.7. The molecule has 1 N–H and O–H groups in total. The van der Waals surface area contributed by atoms with E-state index in [1.807, 2.05) is 39.9 Å². The Balaban J connectivity index is 1.43. The van der Waals surface area contributed by atoms with E-state index < -0.39 is 41.3 Å². The topological polar surface area (TPSA) is 132 Å². The summed E-state index contributed by atoms with van der Waals surface area (Å²) in [7, 11) is -9.21. The highest BCUT2D eigenvalue weighted by Gasteiger charge is 2.23. The third-order valence-corrected chi connectivity index (χ3v) is 9.22. The van der Waals surface area contributed by atoms with E-state index in [1.165, 1.54) is 12.1 Å². The minimum atomic E-state index is -4.85. The molecule has 0 bridgehead atoms. The van der Waals surface area contributed by atoms with Gasteiger partial charge in [0.25, 0.3) is 10.0 Å². The maximum Gasteiger partial charge on any atom is 0.250 e. The molecule has 0 spiro atoms. The van der Waals surface area contributed by atoms with Crippen molar-refractivity contribution >= 4 is 39.0 Å². The predicted molar refractivity (Wildman–Crippen MR) is 128 cm³/mol. The lowest BCUT2D eigenvalue weighted by Crippen LogP contribution is -2.35. The van der Waals surface area contributed by atoms with E-state index in [-0.39, 0.29) is 32.2 Å². The Morgan fingerprint density at radius 2 is 1.81 bits per heavy atom. The zero-order valence-corrected chi connectivity index (χ0v) is 21.4. The Hall–Kier alpha value is -3.40. The molecule has 0 amide bonds. The van der Waals surface area contributed by atoms with E-state index in [0.717, 1.165) is 18.2 Å². The van der Waals surface area contributed by atoms with E-state index >= 15 is 0 Å². The van der Waals surface area contributed by atoms with Crippen LogP contribution in [0, 0.1) is 23.0 Å². The molecule has 0 aliphatic rings. The molecule has 0 fully saturated rings. The van der Waals surface area contributed by atoms with Crippen molar-refractivity contribution in [2.75, 3.05) is 12.9 Å². The summed E-state index contributed by atoms with van der Waals surface area (Å²) in [6, 6.07) is 13.8. The van der Waals surface area contributed by atoms with Gasteiger partial charge < -0.3 is 14.2 Å². The van der Waals surface area contributed by atoms with Crippen LogP contribution in [-0.2, 0) is 21.1 Å². The van der Waals surface area contributed by atoms with E-state index in [1.54, 1.807) is 6.07 Å². The molecule has 2 heterocycles. The maximum atomic E-state index is 14.6. The molecule has 37 heavy (non-hydrogen) atoms. The van der Waals surface area contributed by atoms with Crippen LogP contribution in [0.4, 0.5) is 8.78 Å². The summed E-state index contributed by atoms with van der Waals surface area (Å²) in [6.45, 7) is 0.762. The van der Waals surface area contributed by atoms with Crippen molar-refractivity contribution < 1.29 is 40.5 Å². The van der Waals surface area contributed by atoms with E-state index in [2.05, 4.69) is 0 Å². The normalized spacial score (nSPS) is 13.1. The molecule has 0 aliphatic heterocycles. The first-order chi connectivity index (χ1) is 17.6. The van der Waals surface area contributed by atoms with Gasteiger partial charge in [0.1, 0.15) is 40.0 Å². The Morgan fingerprint density at radius 1 is 1.08 bits per heavy atom. The molecule has 0 aliphatic carbocycles. The average Bonchev–Trinajstić information content (AvgIpc) is 3.30. The number of halogens is 2. The highest BCUT2D eigenvalue weighted by atomic mass is 32.2. The number of aromatic nitrogens is 1. The highest BCUT2D eigenvalue weighted by Crippen LogP contribution is 2.39. The molecule has 4 aromatic rings. The number of pyridine rings is 1. The van der Waals surface area contributed by atoms with Gasteiger partial charge in [0.15, 0.2) is 26.5 Å². The number of sulfonamides is 1. The summed E-state index contributed by atoms with van der Waals surface area (Å²) in [6.07, 6.45) is 2.56. The fraction of sp³-hybridized carbons (Fsp3) is 0.130. The molecular formula is C23H18F2N3O6PS2. The highest BCUT2D eigenvalue weighted by molar-refractivity contribution is 7.92. The number of hydrogen-bond donors (Lipinski definition) is 1. The second kappa shape index (κ2) is 10.9. The number of nitrogens with one attached hydrogen (secondary N) is 1. The predicted octanol–water partition coefficient (Wildman–Crippen LogP) is 3.29. The summed E-state index contributed by atoms with van der Waals surface area (Å²) in [5, 5.41) is 9.00. The van der Waals surface area contributed by atoms with Crippen molar-refractivity contribution in [1.82, 2.24) is 4.72 Å². The summed E-state index contributed by atoms with van der Waals surface area (Å²) in [4.78, 5) is 12.2. The van der Waals surface area contributed by atoms with Gasteiger partial charge in [0, 0.05) is 29.7 Å². The molecule has 4 rings (SSSR count). The number of benzene rings is 2. The number of nitriles is 1. The number of hydrogen-bond acceptors (Lipinski definition) is 8. The molecule has 2 aromatic heterocycles. The van der Waals surface area contributed by atoms with Crippen LogP contribution in [-0.4, -0.2) is 21.3 Å². The van der Waals surface area contributed by atoms with Crippen LogP contribution in [0.1, 0.15) is 5.56 Å². The number of thiophene rings is 1. The van der Waals surface area contributed by atoms with Crippen LogP contribution in [0.15, 0.2) is 71.2 Å². The van der Waals surface area contributed by atoms with Crippen molar-refractivity contribution in [3.8, 4) is 17.6 Å². The van der Waals surface area contributed by atoms with Crippen LogP contribution in [0.25, 0.3) is 10.1 Å². The Kier molecular flexibility index (Phi) is 7.87. The lowest BCUT2D eigenvalue weighted by atomic mass is 10.2. The van der Waals surface area contributed by atoms with E-state index in [0.29, 0.717) is 23.9 Å². The first-order valence-corrected chi connectivity index (χ1v) is 14.6. The van der Waals surface area contributed by atoms with Gasteiger partial charge in [-0.3, -0.25) is 4.57 Å². The SMILES string of the molecule is N#Cc1ccc(OP(=O)([O-])CNS(=O)(=O)c2cc3cc(OCC[n+]4ccccc4)cc(F)c3s2)cc1F. The number of nitrogens with zero attached hydrogens (tertiary/aromatic N) is 2. The lowest BCUT2D eigenvalue weighted by Gasteiger charge is -2.24. The molecule has 0 radical (unpaired) electrons. The summed E-state index contributed by atoms with van der Waals surface area (Å²) in [5.74, 6) is -1.89. The lowest BCUT2D eigenvalue weighted by molar-refractivity contribution is -0.697. The number of ether oxygens (including phenoxy) is 1. The standard InChI is InChI=1S/C23H18F2N3O6PS2/c24-20-12-18(5-4-16(20)14-26)34-35(29,30)15-27-37(31,32)22-11-17-10-19(13-21(25)23(17)36-22)33-9-8-28-6-2-1-3-7-28/h1-7,10-13,27H,8-9,15H2. The monoisotopic (exact) mass is 565 g/mol. The minimum absolute atomic E-state index is 0.0553. The van der Waals surface area contributed by atoms with Gasteiger partial charge in [-0.15, -0.1) is 11.3 Å². The van der Waals surface area contributed by atoms with Crippen molar-refractivity contribution in [2.24, 2.45) is 0 Å². The van der Waals surface area contributed by atoms with Crippen LogP contribution >= 0.6 is 18.9 Å². The molecule has 0 saturated heterocycles. The summed E-state index contributed by atoms with van der Waals surface area (Å²) in [5.41, 5.74) is -0.311. The first-order valence-electron chi connectivity index (χ1n) is 10.6. The fourth-order valence-corrected chi connectivity index (χ4v) is 7.08. The second-order valence-corrected chi connectivity index (χ2v) is 12.4. The van der Waals surface area contributed by atoms with Gasteiger partial charge >= 0.3 is 0 Å². The molecule has 0 saturated carbocycles. The largest absolute Gasteiger partial charge is 0.768 e. The number of rotatable bonds is 10. The van der Waals surface area contributed by atoms with Crippen molar-refractivity contribution in [3.05, 3.63) is 84.2 Å². The Labute approximate surface area is 214 Å². The van der Waals surface area contributed by atoms with Crippen LogP contribution in [0.2, 0.25) is 0 Å². The van der Waals surface area contributed by atoms with E-state index in [9.17, 15) is 26.7 Å². The summed E-state index contributed by atoms with van der Waals surface area (Å²) < 4.78 is 79.8. The zero-order valence-electron chi connectivity index (χ0n) is 18.8. The maximum absolute atomic E-state index is 14.6. The molecule has 1 atom stereocenters. The number of fused-ring (bicyclic) bond motifs is 1. The van der Waals surface area contributed by atoms with Crippen LogP contribution < -0.4 is 23.4 Å². The molecule has 1 unspecified atom stereocenters. The third-order valence-electron chi connectivity index (χ3n) is 4.94. The smallest absolute Gasteiger partial charge is 0.250 e. The molecule has 9 nitrogen and oxygen atoms in total. The fourth-order valence-electron chi connectivity index (χ4n) is 3.20. The molecule has 192 valence electrons. The third kappa shape index (κ3) is 6.68. The van der Waals surface area contributed by atoms with Gasteiger partial charge in [0.2, 0.25) is 0 Å². The van der Waals surface area contributed by atoms with Gasteiger partial charge in [0.05, 0.1) is 16.5 Å². The van der Waals surface area contributed by atoms with E-state index in [4.69, 9.17) is 14.5 Å². The van der Waals surface area contributed by atoms with Gasteiger partial charge in [-0.1, -0.05) is 6.07 Å². The minimum Gasteiger partial charge on any atom is -0.768 e. The van der Waals surface area contributed by atoms with Crippen LogP contribution in [0.5, 0.6) is 11.5 Å². The molecule has 2 aromatic carbocycles. The van der Waals surface area contributed by atoms with Crippen molar-refractivity contribution in [3.63, 3.8) is 0 Å². The van der Waals surface area contributed by atoms with Gasteiger partial charge in [-0.25, -0.2) is 26.5 Å². The molecular weight excluding hydrogens is 547 g/mol. The van der Waals surface area contributed by atoms with Crippen LogP contribution in [0.3, 0.4) is 0 Å². The second-order valence-electron chi connectivity index (χ2n) is 7.61. The van der Waals surface area contributed by atoms with Gasteiger partial charge in [-0.2, -0.15) is 5.26 Å². The van der Waals surface area contributed by atoms with Crippen molar-refractivity contribution in [2.45, 2.75) is 10.8 Å². The average molecular weight is 566 g/mol.